The van der Waals surface area contributed by atoms with E-state index in [-0.39, 0.29) is 17.1 Å². The van der Waals surface area contributed by atoms with Crippen molar-refractivity contribution in [2.75, 3.05) is 5.32 Å². The van der Waals surface area contributed by atoms with Crippen molar-refractivity contribution < 1.29 is 9.84 Å². The van der Waals surface area contributed by atoms with Gasteiger partial charge in [0.15, 0.2) is 0 Å². The fourth-order valence-corrected chi connectivity index (χ4v) is 5.26. The van der Waals surface area contributed by atoms with Crippen LogP contribution < -0.4 is 10.1 Å². The Kier molecular flexibility index (Phi) is 3.08. The summed E-state index contributed by atoms with van der Waals surface area (Å²) < 4.78 is 6.50. The number of rotatable bonds is 0. The number of aromatic hydroxyl groups is 1. The summed E-state index contributed by atoms with van der Waals surface area (Å²) in [5.41, 5.74) is 4.57. The molecule has 0 saturated heterocycles. The molecule has 0 bridgehead atoms. The van der Waals surface area contributed by atoms with Crippen molar-refractivity contribution in [1.82, 2.24) is 0 Å². The van der Waals surface area contributed by atoms with Gasteiger partial charge in [0, 0.05) is 11.3 Å². The van der Waals surface area contributed by atoms with Crippen LogP contribution >= 0.6 is 0 Å². The summed E-state index contributed by atoms with van der Waals surface area (Å²) >= 11 is 0. The lowest BCUT2D eigenvalue weighted by atomic mass is 9.58. The summed E-state index contributed by atoms with van der Waals surface area (Å²) in [6.07, 6.45) is 4.44. The topological polar surface area (TPSA) is 41.5 Å². The van der Waals surface area contributed by atoms with E-state index >= 15 is 0 Å². The number of ether oxygens (including phenoxy) is 1. The van der Waals surface area contributed by atoms with E-state index in [4.69, 9.17) is 4.74 Å². The molecule has 0 aromatic heterocycles. The molecule has 2 aromatic rings. The molecule has 5 rings (SSSR count). The van der Waals surface area contributed by atoms with Crippen molar-refractivity contribution in [3.8, 4) is 11.5 Å². The van der Waals surface area contributed by atoms with Gasteiger partial charge in [0.2, 0.25) is 0 Å². The number of fused-ring (bicyclic) bond motifs is 5. The van der Waals surface area contributed by atoms with E-state index in [1.807, 2.05) is 18.2 Å². The maximum atomic E-state index is 10.00. The number of phenols is 1. The predicted molar refractivity (Wildman–Crippen MR) is 105 cm³/mol. The standard InChI is InChI=1S/C23H25NO2/c1-22(2)16-10-11-23(3)18(12-14-6-4-5-7-20(14)26-23)21(16)24-19-9-8-15(25)13-17(19)22/h4-9,12-13,16,21,24-25H,10-11H2,1-3H3/t16-,21+,23-/m0/s1. The average molecular weight is 347 g/mol. The van der Waals surface area contributed by atoms with E-state index in [1.165, 1.54) is 11.1 Å². The van der Waals surface area contributed by atoms with Crippen molar-refractivity contribution >= 4 is 11.8 Å². The van der Waals surface area contributed by atoms with Gasteiger partial charge in [0.1, 0.15) is 17.1 Å². The average Bonchev–Trinajstić information content (AvgIpc) is 2.60. The van der Waals surface area contributed by atoms with Gasteiger partial charge in [-0.3, -0.25) is 0 Å². The van der Waals surface area contributed by atoms with Crippen LogP contribution in [0.2, 0.25) is 0 Å². The SMILES string of the molecule is CC1(C)c2cc(O)ccc2N[C@H]2C3=Cc4ccccc4O[C@@]3(C)CC[C@@H]21. The Balaban J connectivity index is 1.66. The van der Waals surface area contributed by atoms with Crippen LogP contribution in [0.3, 0.4) is 0 Å². The summed E-state index contributed by atoms with van der Waals surface area (Å²) in [6, 6.07) is 14.2. The first-order chi connectivity index (χ1) is 12.4. The fraction of sp³-hybridized carbons (Fsp3) is 0.391. The lowest BCUT2D eigenvalue weighted by molar-refractivity contribution is 0.0603. The van der Waals surface area contributed by atoms with Crippen molar-refractivity contribution in [3.05, 3.63) is 59.2 Å². The van der Waals surface area contributed by atoms with Gasteiger partial charge >= 0.3 is 0 Å². The molecule has 0 amide bonds. The summed E-state index contributed by atoms with van der Waals surface area (Å²) in [6.45, 7) is 6.85. The number of benzene rings is 2. The van der Waals surface area contributed by atoms with Gasteiger partial charge in [0.25, 0.3) is 0 Å². The number of anilines is 1. The minimum absolute atomic E-state index is 0.0108. The molecule has 1 saturated carbocycles. The van der Waals surface area contributed by atoms with Crippen LogP contribution in [-0.4, -0.2) is 16.7 Å². The van der Waals surface area contributed by atoms with Crippen LogP contribution in [0, 0.1) is 5.92 Å². The molecule has 134 valence electrons. The third-order valence-corrected chi connectivity index (χ3v) is 6.78. The normalized spacial score (nSPS) is 30.5. The van der Waals surface area contributed by atoms with Crippen LogP contribution in [0.1, 0.15) is 44.7 Å². The summed E-state index contributed by atoms with van der Waals surface area (Å²) in [5, 5.41) is 13.8. The fourth-order valence-electron chi connectivity index (χ4n) is 5.26. The second kappa shape index (κ2) is 5.06. The zero-order valence-electron chi connectivity index (χ0n) is 15.5. The molecule has 2 heterocycles. The van der Waals surface area contributed by atoms with Crippen LogP contribution in [-0.2, 0) is 5.41 Å². The number of para-hydroxylation sites is 1. The molecule has 0 radical (unpaired) electrons. The molecule has 2 N–H and O–H groups in total. The minimum atomic E-state index is -0.257. The first-order valence-electron chi connectivity index (χ1n) is 9.49. The van der Waals surface area contributed by atoms with Gasteiger partial charge in [-0.1, -0.05) is 32.0 Å². The van der Waals surface area contributed by atoms with E-state index in [0.717, 1.165) is 29.8 Å². The zero-order chi connectivity index (χ0) is 18.1. The highest BCUT2D eigenvalue weighted by Crippen LogP contribution is 2.54. The number of hydrogen-bond donors (Lipinski definition) is 2. The molecule has 0 spiro atoms. The third kappa shape index (κ3) is 2.06. The molecule has 26 heavy (non-hydrogen) atoms. The Morgan fingerprint density at radius 1 is 1.12 bits per heavy atom. The van der Waals surface area contributed by atoms with E-state index in [1.54, 1.807) is 6.07 Å². The highest BCUT2D eigenvalue weighted by atomic mass is 16.5. The van der Waals surface area contributed by atoms with Crippen molar-refractivity contribution in [1.29, 1.82) is 0 Å². The number of phenolic OH excluding ortho intramolecular Hbond substituents is 1. The Bertz CT molecular complexity index is 930. The van der Waals surface area contributed by atoms with Crippen molar-refractivity contribution in [2.45, 2.75) is 50.7 Å². The molecule has 3 atom stereocenters. The van der Waals surface area contributed by atoms with Gasteiger partial charge < -0.3 is 15.2 Å². The lowest BCUT2D eigenvalue weighted by Gasteiger charge is -2.54. The van der Waals surface area contributed by atoms with Gasteiger partial charge in [-0.25, -0.2) is 0 Å². The third-order valence-electron chi connectivity index (χ3n) is 6.78. The van der Waals surface area contributed by atoms with Gasteiger partial charge in [-0.05, 0) is 72.6 Å². The summed E-state index contributed by atoms with van der Waals surface area (Å²) in [4.78, 5) is 0. The maximum absolute atomic E-state index is 10.00. The van der Waals surface area contributed by atoms with Gasteiger partial charge in [-0.15, -0.1) is 0 Å². The highest BCUT2D eigenvalue weighted by molar-refractivity contribution is 5.70. The second-order valence-corrected chi connectivity index (χ2v) is 8.69. The maximum Gasteiger partial charge on any atom is 0.130 e. The Hall–Kier alpha value is -2.42. The van der Waals surface area contributed by atoms with Crippen LogP contribution in [0.15, 0.2) is 48.0 Å². The van der Waals surface area contributed by atoms with Gasteiger partial charge in [-0.2, -0.15) is 0 Å². The van der Waals surface area contributed by atoms with Crippen molar-refractivity contribution in [2.24, 2.45) is 5.92 Å². The molecule has 3 heteroatoms. The molecule has 3 nitrogen and oxygen atoms in total. The number of nitrogens with one attached hydrogen (secondary N) is 1. The molecule has 2 aromatic carbocycles. The van der Waals surface area contributed by atoms with Crippen LogP contribution in [0.5, 0.6) is 11.5 Å². The van der Waals surface area contributed by atoms with E-state index in [9.17, 15) is 5.11 Å². The Labute approximate surface area is 154 Å². The van der Waals surface area contributed by atoms with Crippen LogP contribution in [0.4, 0.5) is 5.69 Å². The largest absolute Gasteiger partial charge is 0.508 e. The van der Waals surface area contributed by atoms with Gasteiger partial charge in [0.05, 0.1) is 6.04 Å². The predicted octanol–water partition coefficient (Wildman–Crippen LogP) is 5.11. The monoisotopic (exact) mass is 347 g/mol. The molecule has 3 aliphatic rings. The smallest absolute Gasteiger partial charge is 0.130 e. The Morgan fingerprint density at radius 3 is 2.77 bits per heavy atom. The molecule has 1 fully saturated rings. The molecule has 0 unspecified atom stereocenters. The van der Waals surface area contributed by atoms with E-state index in [0.29, 0.717) is 11.7 Å². The first kappa shape index (κ1) is 15.8. The quantitative estimate of drug-likeness (QED) is 0.651. The Morgan fingerprint density at radius 2 is 1.92 bits per heavy atom. The lowest BCUT2D eigenvalue weighted by Crippen LogP contribution is -2.57. The zero-order valence-corrected chi connectivity index (χ0v) is 15.5. The van der Waals surface area contributed by atoms with Crippen LogP contribution in [0.25, 0.3) is 6.08 Å². The van der Waals surface area contributed by atoms with E-state index in [2.05, 4.69) is 50.4 Å². The van der Waals surface area contributed by atoms with Crippen molar-refractivity contribution in [3.63, 3.8) is 0 Å². The number of hydrogen-bond acceptors (Lipinski definition) is 3. The summed E-state index contributed by atoms with van der Waals surface area (Å²) in [7, 11) is 0. The first-order valence-corrected chi connectivity index (χ1v) is 9.49. The highest BCUT2D eigenvalue weighted by Gasteiger charge is 2.52. The molecule has 1 aliphatic carbocycles. The molecular weight excluding hydrogens is 322 g/mol. The van der Waals surface area contributed by atoms with E-state index < -0.39 is 0 Å². The minimum Gasteiger partial charge on any atom is -0.508 e. The molecular formula is C23H25NO2. The summed E-state index contributed by atoms with van der Waals surface area (Å²) in [5.74, 6) is 1.79. The molecule has 2 aliphatic heterocycles. The second-order valence-electron chi connectivity index (χ2n) is 8.69.